The molecule has 0 unspecified atom stereocenters. The highest BCUT2D eigenvalue weighted by molar-refractivity contribution is 9.11. The Morgan fingerprint density at radius 1 is 1.10 bits per heavy atom. The number of ether oxygens (including phenoxy) is 2. The van der Waals surface area contributed by atoms with Gasteiger partial charge in [-0.1, -0.05) is 6.07 Å². The predicted molar refractivity (Wildman–Crippen MR) is 86.7 cm³/mol. The van der Waals surface area contributed by atoms with Crippen molar-refractivity contribution in [1.82, 2.24) is 4.90 Å². The lowest BCUT2D eigenvalue weighted by Gasteiger charge is -2.18. The lowest BCUT2D eigenvalue weighted by molar-refractivity contribution is 0.311. The summed E-state index contributed by atoms with van der Waals surface area (Å²) in [6, 6.07) is 10.2. The maximum absolute atomic E-state index is 5.43. The van der Waals surface area contributed by atoms with Crippen LogP contribution < -0.4 is 9.47 Å². The molecule has 1 aromatic heterocycles. The van der Waals surface area contributed by atoms with Crippen molar-refractivity contribution in [3.63, 3.8) is 0 Å². The minimum atomic E-state index is 0.815. The summed E-state index contributed by atoms with van der Waals surface area (Å²) in [6.07, 6.45) is 0. The van der Waals surface area contributed by atoms with Crippen LogP contribution in [0.15, 0.2) is 34.1 Å². The first kappa shape index (κ1) is 15.4. The smallest absolute Gasteiger partial charge is 0.127 e. The van der Waals surface area contributed by atoms with Crippen LogP contribution in [0.3, 0.4) is 0 Å². The van der Waals surface area contributed by atoms with Gasteiger partial charge in [0.15, 0.2) is 0 Å². The number of nitrogens with zero attached hydrogens (tertiary/aromatic N) is 1. The molecule has 3 nitrogen and oxygen atoms in total. The lowest BCUT2D eigenvalue weighted by atomic mass is 10.2. The van der Waals surface area contributed by atoms with Gasteiger partial charge in [0, 0.05) is 29.6 Å². The third-order valence-corrected chi connectivity index (χ3v) is 4.60. The van der Waals surface area contributed by atoms with E-state index < -0.39 is 0 Å². The minimum Gasteiger partial charge on any atom is -0.497 e. The fraction of sp³-hybridized carbons (Fsp3) is 0.333. The van der Waals surface area contributed by atoms with Crippen LogP contribution in [0.25, 0.3) is 0 Å². The first-order valence-corrected chi connectivity index (χ1v) is 7.87. The summed E-state index contributed by atoms with van der Waals surface area (Å²) >= 11 is 5.26. The molecule has 0 saturated carbocycles. The second-order valence-electron chi connectivity index (χ2n) is 4.56. The van der Waals surface area contributed by atoms with Crippen LogP contribution in [0, 0.1) is 0 Å². The van der Waals surface area contributed by atoms with Gasteiger partial charge in [0.2, 0.25) is 0 Å². The molecule has 0 radical (unpaired) electrons. The largest absolute Gasteiger partial charge is 0.497 e. The van der Waals surface area contributed by atoms with Crippen molar-refractivity contribution in [2.75, 3.05) is 21.3 Å². The number of rotatable bonds is 6. The molecule has 2 rings (SSSR count). The third-order valence-electron chi connectivity index (χ3n) is 2.99. The number of hydrogen-bond acceptors (Lipinski definition) is 4. The standard InChI is InChI=1S/C15H18BrNO2S/c1-17(10-13-6-7-15(16)20-13)9-11-4-5-12(18-2)8-14(11)19-3/h4-8H,9-10H2,1-3H3. The van der Waals surface area contributed by atoms with Gasteiger partial charge in [-0.3, -0.25) is 4.90 Å². The minimum absolute atomic E-state index is 0.815. The monoisotopic (exact) mass is 355 g/mol. The van der Waals surface area contributed by atoms with Gasteiger partial charge in [0.1, 0.15) is 11.5 Å². The maximum Gasteiger partial charge on any atom is 0.127 e. The van der Waals surface area contributed by atoms with Gasteiger partial charge in [-0.25, -0.2) is 0 Å². The quantitative estimate of drug-likeness (QED) is 0.776. The highest BCUT2D eigenvalue weighted by Crippen LogP contribution is 2.27. The van der Waals surface area contributed by atoms with Crippen LogP contribution in [-0.4, -0.2) is 26.2 Å². The Kier molecular flexibility index (Phi) is 5.46. The fourth-order valence-corrected chi connectivity index (χ4v) is 3.60. The molecule has 0 spiro atoms. The first-order chi connectivity index (χ1) is 9.62. The highest BCUT2D eigenvalue weighted by atomic mass is 79.9. The van der Waals surface area contributed by atoms with Gasteiger partial charge < -0.3 is 9.47 Å². The van der Waals surface area contributed by atoms with Crippen LogP contribution in [0.4, 0.5) is 0 Å². The Morgan fingerprint density at radius 3 is 2.50 bits per heavy atom. The highest BCUT2D eigenvalue weighted by Gasteiger charge is 2.09. The average molecular weight is 356 g/mol. The maximum atomic E-state index is 5.43. The number of hydrogen-bond donors (Lipinski definition) is 0. The predicted octanol–water partition coefficient (Wildman–Crippen LogP) is 4.16. The first-order valence-electron chi connectivity index (χ1n) is 6.26. The van der Waals surface area contributed by atoms with E-state index >= 15 is 0 Å². The Balaban J connectivity index is 2.05. The van der Waals surface area contributed by atoms with Crippen LogP contribution >= 0.6 is 27.3 Å². The molecule has 108 valence electrons. The molecule has 0 aliphatic rings. The molecule has 0 bridgehead atoms. The van der Waals surface area contributed by atoms with Crippen LogP contribution in [0.1, 0.15) is 10.4 Å². The molecular weight excluding hydrogens is 338 g/mol. The van der Waals surface area contributed by atoms with E-state index in [1.807, 2.05) is 12.1 Å². The Hall–Kier alpha value is -1.04. The number of halogens is 1. The van der Waals surface area contributed by atoms with Crippen LogP contribution in [0.5, 0.6) is 11.5 Å². The molecule has 0 atom stereocenters. The van der Waals surface area contributed by atoms with Crippen molar-refractivity contribution in [3.05, 3.63) is 44.6 Å². The summed E-state index contributed by atoms with van der Waals surface area (Å²) in [5.74, 6) is 1.68. The topological polar surface area (TPSA) is 21.7 Å². The van der Waals surface area contributed by atoms with E-state index in [9.17, 15) is 0 Å². The number of methoxy groups -OCH3 is 2. The zero-order valence-electron chi connectivity index (χ0n) is 11.9. The fourth-order valence-electron chi connectivity index (χ4n) is 2.03. The van der Waals surface area contributed by atoms with Crippen LogP contribution in [-0.2, 0) is 13.1 Å². The summed E-state index contributed by atoms with van der Waals surface area (Å²) in [5.41, 5.74) is 1.16. The van der Waals surface area contributed by atoms with E-state index in [0.29, 0.717) is 0 Å². The van der Waals surface area contributed by atoms with Crippen molar-refractivity contribution in [3.8, 4) is 11.5 Å². The molecular formula is C15H18BrNO2S. The van der Waals surface area contributed by atoms with E-state index in [0.717, 1.165) is 30.2 Å². The second-order valence-corrected chi connectivity index (χ2v) is 7.10. The number of thiophene rings is 1. The van der Waals surface area contributed by atoms with Crippen molar-refractivity contribution in [2.45, 2.75) is 13.1 Å². The Labute approximate surface area is 132 Å². The average Bonchev–Trinajstić information content (AvgIpc) is 2.84. The molecule has 0 fully saturated rings. The molecule has 20 heavy (non-hydrogen) atoms. The van der Waals surface area contributed by atoms with E-state index in [1.54, 1.807) is 25.6 Å². The molecule has 0 saturated heterocycles. The lowest BCUT2D eigenvalue weighted by Crippen LogP contribution is -2.17. The van der Waals surface area contributed by atoms with Gasteiger partial charge in [-0.15, -0.1) is 11.3 Å². The SMILES string of the molecule is COc1ccc(CN(C)Cc2ccc(Br)s2)c(OC)c1. The zero-order chi connectivity index (χ0) is 14.5. The van der Waals surface area contributed by atoms with Crippen molar-refractivity contribution in [2.24, 2.45) is 0 Å². The summed E-state index contributed by atoms with van der Waals surface area (Å²) in [4.78, 5) is 3.61. The van der Waals surface area contributed by atoms with Crippen molar-refractivity contribution in [1.29, 1.82) is 0 Å². The summed E-state index contributed by atoms with van der Waals surface area (Å²) in [6.45, 7) is 1.76. The molecule has 0 N–H and O–H groups in total. The van der Waals surface area contributed by atoms with Crippen molar-refractivity contribution >= 4 is 27.3 Å². The van der Waals surface area contributed by atoms with Gasteiger partial charge in [-0.05, 0) is 41.2 Å². The van der Waals surface area contributed by atoms with Gasteiger partial charge in [0.05, 0.1) is 18.0 Å². The molecule has 0 aliphatic heterocycles. The summed E-state index contributed by atoms with van der Waals surface area (Å²) in [5, 5.41) is 0. The number of benzene rings is 1. The van der Waals surface area contributed by atoms with E-state index in [4.69, 9.17) is 9.47 Å². The summed E-state index contributed by atoms with van der Waals surface area (Å²) in [7, 11) is 5.46. The van der Waals surface area contributed by atoms with E-state index in [2.05, 4.69) is 46.1 Å². The van der Waals surface area contributed by atoms with E-state index in [-0.39, 0.29) is 0 Å². The van der Waals surface area contributed by atoms with Crippen molar-refractivity contribution < 1.29 is 9.47 Å². The van der Waals surface area contributed by atoms with Gasteiger partial charge in [0.25, 0.3) is 0 Å². The zero-order valence-corrected chi connectivity index (χ0v) is 14.3. The molecule has 2 aromatic rings. The molecule has 5 heteroatoms. The third kappa shape index (κ3) is 3.98. The molecule has 0 aliphatic carbocycles. The van der Waals surface area contributed by atoms with Gasteiger partial charge >= 0.3 is 0 Å². The Bertz CT molecular complexity index is 571. The normalized spacial score (nSPS) is 10.8. The second kappa shape index (κ2) is 7.11. The van der Waals surface area contributed by atoms with Gasteiger partial charge in [-0.2, -0.15) is 0 Å². The van der Waals surface area contributed by atoms with Crippen LogP contribution in [0.2, 0.25) is 0 Å². The molecule has 1 aromatic carbocycles. The summed E-state index contributed by atoms with van der Waals surface area (Å²) < 4.78 is 11.8. The molecule has 0 amide bonds. The van der Waals surface area contributed by atoms with E-state index in [1.165, 1.54) is 8.66 Å². The molecule has 1 heterocycles. The Morgan fingerprint density at radius 2 is 1.90 bits per heavy atom.